The van der Waals surface area contributed by atoms with E-state index >= 15 is 0 Å². The zero-order valence-electron chi connectivity index (χ0n) is 9.06. The van der Waals surface area contributed by atoms with Gasteiger partial charge in [0, 0.05) is 12.5 Å². The molecule has 0 amide bonds. The van der Waals surface area contributed by atoms with Crippen molar-refractivity contribution in [2.24, 2.45) is 16.5 Å². The molecule has 0 aliphatic carbocycles. The Morgan fingerprint density at radius 1 is 1.41 bits per heavy atom. The first-order valence-corrected chi connectivity index (χ1v) is 9.47. The predicted molar refractivity (Wildman–Crippen MR) is 75.6 cm³/mol. The molecule has 0 aromatic heterocycles. The van der Waals surface area contributed by atoms with Gasteiger partial charge in [-0.2, -0.15) is 6.20 Å². The van der Waals surface area contributed by atoms with E-state index < -0.39 is 0 Å². The van der Waals surface area contributed by atoms with Crippen LogP contribution < -0.4 is 16.8 Å². The molecule has 9 heteroatoms. The van der Waals surface area contributed by atoms with Crippen molar-refractivity contribution in [3.05, 3.63) is 22.9 Å². The Labute approximate surface area is 122 Å². The van der Waals surface area contributed by atoms with E-state index in [2.05, 4.69) is 49.2 Å². The standard InChI is InChI=1S/C4H10N3.C4H6N3.2BrH.Cu/c2*5-4-6-2-1-3-7-4;;;/h4,6H,1-3,5H2;1-4H,5H2;2*1H;/q2*-1;;;+2/p-2. The molecule has 0 bridgehead atoms. The summed E-state index contributed by atoms with van der Waals surface area (Å²) in [5.41, 5.74) is 10.6. The molecular weight excluding hydrogens is 403 g/mol. The Morgan fingerprint density at radius 3 is 2.35 bits per heavy atom. The van der Waals surface area contributed by atoms with Gasteiger partial charge >= 0.3 is 39.6 Å². The third-order valence-electron chi connectivity index (χ3n) is 1.66. The summed E-state index contributed by atoms with van der Waals surface area (Å²) < 4.78 is 0. The number of hydrogen-bond acceptors (Lipinski definition) is 4. The second-order valence-corrected chi connectivity index (χ2v) is 7.66. The molecule has 5 N–H and O–H groups in total. The van der Waals surface area contributed by atoms with Gasteiger partial charge in [0.25, 0.3) is 0 Å². The van der Waals surface area contributed by atoms with Crippen molar-refractivity contribution in [1.82, 2.24) is 5.32 Å². The van der Waals surface area contributed by atoms with Gasteiger partial charge in [-0.25, -0.2) is 0 Å². The van der Waals surface area contributed by atoms with E-state index in [1.807, 2.05) is 0 Å². The molecule has 6 nitrogen and oxygen atoms in total. The molecule has 2 unspecified atom stereocenters. The first-order chi connectivity index (χ1) is 8.20. The van der Waals surface area contributed by atoms with Gasteiger partial charge in [-0.3, -0.25) is 4.99 Å². The van der Waals surface area contributed by atoms with E-state index in [4.69, 9.17) is 11.5 Å². The van der Waals surface area contributed by atoms with Crippen molar-refractivity contribution in [2.75, 3.05) is 13.1 Å². The number of hydrogen-bond donors (Lipinski definition) is 3. The minimum absolute atomic E-state index is 0.0891. The second-order valence-electron chi connectivity index (χ2n) is 2.90. The Morgan fingerprint density at radius 2 is 2.12 bits per heavy atom. The van der Waals surface area contributed by atoms with Gasteiger partial charge < -0.3 is 27.4 Å². The molecule has 2 heterocycles. The molecule has 105 valence electrons. The molecule has 0 spiro atoms. The van der Waals surface area contributed by atoms with Crippen LogP contribution in [0.5, 0.6) is 0 Å². The molecule has 0 radical (unpaired) electrons. The third kappa shape index (κ3) is 12.8. The Balaban J connectivity index is 0.000000247. The molecule has 2 rings (SSSR count). The quantitative estimate of drug-likeness (QED) is 0.518. The first kappa shape index (κ1) is 17.5. The topological polar surface area (TPSA) is 105 Å². The van der Waals surface area contributed by atoms with E-state index in [0.29, 0.717) is 0 Å². The van der Waals surface area contributed by atoms with Gasteiger partial charge in [0.05, 0.1) is 0 Å². The first-order valence-electron chi connectivity index (χ1n) is 4.81. The van der Waals surface area contributed by atoms with E-state index in [-0.39, 0.29) is 12.6 Å². The van der Waals surface area contributed by atoms with Crippen LogP contribution in [0.15, 0.2) is 17.3 Å². The van der Waals surface area contributed by atoms with Crippen LogP contribution >= 0.6 is 28.2 Å². The minimum atomic E-state index is -0.356. The van der Waals surface area contributed by atoms with Crippen LogP contribution in [0.1, 0.15) is 6.42 Å². The van der Waals surface area contributed by atoms with Crippen molar-refractivity contribution < 1.29 is 11.3 Å². The van der Waals surface area contributed by atoms with E-state index in [9.17, 15) is 0 Å². The summed E-state index contributed by atoms with van der Waals surface area (Å²) in [6.07, 6.45) is 5.70. The van der Waals surface area contributed by atoms with Crippen molar-refractivity contribution in [2.45, 2.75) is 19.0 Å². The number of nitrogens with one attached hydrogen (secondary N) is 1. The van der Waals surface area contributed by atoms with Gasteiger partial charge in [-0.05, 0) is 12.8 Å². The number of nitrogens with zero attached hydrogens (tertiary/aromatic N) is 3. The normalized spacial score (nSPS) is 26.1. The van der Waals surface area contributed by atoms with Crippen LogP contribution in [0.25, 0.3) is 10.6 Å². The van der Waals surface area contributed by atoms with Crippen LogP contribution in [-0.2, 0) is 11.3 Å². The van der Waals surface area contributed by atoms with Gasteiger partial charge in [0.1, 0.15) is 0 Å². The van der Waals surface area contributed by atoms with Crippen LogP contribution in [0.3, 0.4) is 0 Å². The predicted octanol–water partition coefficient (Wildman–Crippen LogP) is 1.48. The number of aliphatic imine (C=N–C) groups is 1. The fourth-order valence-corrected chi connectivity index (χ4v) is 0.977. The van der Waals surface area contributed by atoms with Crippen molar-refractivity contribution >= 4 is 34.4 Å². The zero-order valence-corrected chi connectivity index (χ0v) is 13.2. The molecule has 2 atom stereocenters. The molecule has 1 saturated heterocycles. The summed E-state index contributed by atoms with van der Waals surface area (Å²) in [6.45, 7) is 1.94. The molecule has 2 aliphatic heterocycles. The van der Waals surface area contributed by atoms with Crippen LogP contribution in [0.2, 0.25) is 0 Å². The Hall–Kier alpha value is 0.529. The van der Waals surface area contributed by atoms with Crippen molar-refractivity contribution in [3.8, 4) is 0 Å². The summed E-state index contributed by atoms with van der Waals surface area (Å²) in [4.78, 5) is 3.73. The Kier molecular flexibility index (Phi) is 13.4. The maximum atomic E-state index is 5.36. The molecule has 0 saturated carbocycles. The number of allylic oxidation sites excluding steroid dienone is 1. The average molecular weight is 420 g/mol. The maximum absolute atomic E-state index is 5.36. The molecule has 2 aliphatic rings. The summed E-state index contributed by atoms with van der Waals surface area (Å²) in [6, 6.07) is 0. The monoisotopic (exact) mass is 417 g/mol. The molecule has 0 aromatic carbocycles. The van der Waals surface area contributed by atoms with Gasteiger partial charge in [0.2, 0.25) is 0 Å². The SMILES string of the molecule is NC1N=CC=C[N-]1.NC1[N-]CCCN1.[Br][Cu][Br]. The van der Waals surface area contributed by atoms with Crippen molar-refractivity contribution in [1.29, 1.82) is 0 Å². The molecular formula is C8H16Br2CuN6-2. The number of nitrogens with two attached hydrogens (primary N) is 2. The van der Waals surface area contributed by atoms with Gasteiger partial charge in [0.15, 0.2) is 0 Å². The van der Waals surface area contributed by atoms with E-state index in [1.54, 1.807) is 18.5 Å². The third-order valence-corrected chi connectivity index (χ3v) is 1.66. The fraction of sp³-hybridized carbons (Fsp3) is 0.625. The molecule has 0 aromatic rings. The molecule has 17 heavy (non-hydrogen) atoms. The zero-order chi connectivity index (χ0) is 12.9. The molecule has 1 fully saturated rings. The van der Waals surface area contributed by atoms with E-state index in [1.165, 1.54) is 11.3 Å². The second kappa shape index (κ2) is 13.0. The summed E-state index contributed by atoms with van der Waals surface area (Å²) in [5, 5.41) is 10.7. The fourth-order valence-electron chi connectivity index (χ4n) is 0.977. The van der Waals surface area contributed by atoms with E-state index in [0.717, 1.165) is 19.5 Å². The summed E-state index contributed by atoms with van der Waals surface area (Å²) >= 11 is 7.38. The van der Waals surface area contributed by atoms with Crippen molar-refractivity contribution in [3.63, 3.8) is 0 Å². The van der Waals surface area contributed by atoms with Gasteiger partial charge in [-0.15, -0.1) is 6.54 Å². The Bertz CT molecular complexity index is 222. The average Bonchev–Trinajstić information content (AvgIpc) is 2.33. The summed E-state index contributed by atoms with van der Waals surface area (Å²) in [7, 11) is 0. The van der Waals surface area contributed by atoms with Crippen LogP contribution in [0.4, 0.5) is 0 Å². The van der Waals surface area contributed by atoms with Crippen LogP contribution in [-0.4, -0.2) is 31.9 Å². The van der Waals surface area contributed by atoms with Gasteiger partial charge in [-0.1, -0.05) is 12.5 Å². The van der Waals surface area contributed by atoms with Crippen LogP contribution in [0, 0.1) is 0 Å². The number of rotatable bonds is 0. The number of halogens is 2. The summed E-state index contributed by atoms with van der Waals surface area (Å²) in [5.74, 6) is 0.